The lowest BCUT2D eigenvalue weighted by Gasteiger charge is -2.35. The number of aliphatic hydroxyl groups is 1. The van der Waals surface area contributed by atoms with Crippen molar-refractivity contribution in [2.75, 3.05) is 6.54 Å². The maximum absolute atomic E-state index is 11.9. The summed E-state index contributed by atoms with van der Waals surface area (Å²) in [5.41, 5.74) is -1.04. The predicted octanol–water partition coefficient (Wildman–Crippen LogP) is 2.00. The Morgan fingerprint density at radius 2 is 2.18 bits per heavy atom. The lowest BCUT2D eigenvalue weighted by Crippen LogP contribution is -2.46. The van der Waals surface area contributed by atoms with E-state index in [-0.39, 0.29) is 6.54 Å². The van der Waals surface area contributed by atoms with Crippen LogP contribution >= 0.6 is 0 Å². The predicted molar refractivity (Wildman–Crippen MR) is 56.3 cm³/mol. The monoisotopic (exact) mass is 253 g/mol. The molecule has 0 heterocycles. The quantitative estimate of drug-likeness (QED) is 0.808. The van der Waals surface area contributed by atoms with Crippen LogP contribution in [0, 0.1) is 5.92 Å². The average Bonchev–Trinajstić information content (AvgIpc) is 2.12. The second-order valence-corrected chi connectivity index (χ2v) is 4.99. The summed E-state index contributed by atoms with van der Waals surface area (Å²) in [7, 11) is 0. The number of amides is 1. The van der Waals surface area contributed by atoms with Crippen LogP contribution < -0.4 is 5.32 Å². The van der Waals surface area contributed by atoms with Gasteiger partial charge < -0.3 is 10.4 Å². The van der Waals surface area contributed by atoms with E-state index in [9.17, 15) is 23.1 Å². The molecule has 1 aliphatic carbocycles. The fourth-order valence-electron chi connectivity index (χ4n) is 2.30. The van der Waals surface area contributed by atoms with Gasteiger partial charge in [-0.25, -0.2) is 0 Å². The Bertz CT molecular complexity index is 280. The van der Waals surface area contributed by atoms with Crippen LogP contribution in [0.15, 0.2) is 0 Å². The summed E-state index contributed by atoms with van der Waals surface area (Å²) in [6.07, 6.45) is -3.07. The number of hydrogen-bond acceptors (Lipinski definition) is 2. The molecule has 2 unspecified atom stereocenters. The first kappa shape index (κ1) is 14.3. The molecular weight excluding hydrogens is 235 g/mol. The first-order valence-electron chi connectivity index (χ1n) is 5.76. The van der Waals surface area contributed by atoms with Crippen LogP contribution in [0.2, 0.25) is 0 Å². The highest BCUT2D eigenvalue weighted by Gasteiger charge is 2.35. The van der Waals surface area contributed by atoms with Gasteiger partial charge in [0.05, 0.1) is 5.60 Å². The van der Waals surface area contributed by atoms with E-state index in [1.165, 1.54) is 0 Å². The van der Waals surface area contributed by atoms with Crippen LogP contribution in [0.5, 0.6) is 0 Å². The zero-order valence-electron chi connectivity index (χ0n) is 9.81. The van der Waals surface area contributed by atoms with Crippen LogP contribution in [0.3, 0.4) is 0 Å². The molecule has 2 atom stereocenters. The molecule has 0 aliphatic heterocycles. The summed E-state index contributed by atoms with van der Waals surface area (Å²) in [4.78, 5) is 11.0. The van der Waals surface area contributed by atoms with E-state index in [0.29, 0.717) is 18.8 Å². The van der Waals surface area contributed by atoms with Crippen molar-refractivity contribution in [2.24, 2.45) is 5.92 Å². The molecule has 6 heteroatoms. The van der Waals surface area contributed by atoms with Gasteiger partial charge in [-0.3, -0.25) is 4.79 Å². The lowest BCUT2D eigenvalue weighted by molar-refractivity contribution is -0.154. The molecule has 0 saturated heterocycles. The molecule has 0 spiro atoms. The average molecular weight is 253 g/mol. The molecule has 100 valence electrons. The molecule has 1 saturated carbocycles. The Hall–Kier alpha value is -0.780. The van der Waals surface area contributed by atoms with Crippen LogP contribution in [0.4, 0.5) is 13.2 Å². The van der Waals surface area contributed by atoms with Gasteiger partial charge in [0.1, 0.15) is 6.42 Å². The van der Waals surface area contributed by atoms with Crippen molar-refractivity contribution in [2.45, 2.75) is 50.8 Å². The molecule has 3 nitrogen and oxygen atoms in total. The van der Waals surface area contributed by atoms with E-state index in [2.05, 4.69) is 5.32 Å². The number of rotatable bonds is 3. The van der Waals surface area contributed by atoms with E-state index < -0.39 is 24.1 Å². The van der Waals surface area contributed by atoms with Gasteiger partial charge >= 0.3 is 6.18 Å². The molecule has 2 N–H and O–H groups in total. The molecule has 1 fully saturated rings. The molecule has 0 aromatic heterocycles. The summed E-state index contributed by atoms with van der Waals surface area (Å²) in [5.74, 6) is -0.739. The van der Waals surface area contributed by atoms with Gasteiger partial charge in [0.15, 0.2) is 0 Å². The lowest BCUT2D eigenvalue weighted by atomic mass is 9.79. The minimum Gasteiger partial charge on any atom is -0.388 e. The molecule has 17 heavy (non-hydrogen) atoms. The molecule has 0 aromatic rings. The first-order valence-corrected chi connectivity index (χ1v) is 5.76. The SMILES string of the molecule is CC1CCCC(O)(CNC(=O)CC(F)(F)F)C1. The highest BCUT2D eigenvalue weighted by Crippen LogP contribution is 2.31. The maximum atomic E-state index is 11.9. The fraction of sp³-hybridized carbons (Fsp3) is 0.909. The first-order chi connectivity index (χ1) is 7.70. The normalized spacial score (nSPS) is 30.1. The minimum atomic E-state index is -4.49. The van der Waals surface area contributed by atoms with E-state index in [0.717, 1.165) is 12.8 Å². The van der Waals surface area contributed by atoms with E-state index in [1.54, 1.807) is 0 Å². The van der Waals surface area contributed by atoms with Crippen molar-refractivity contribution in [3.8, 4) is 0 Å². The van der Waals surface area contributed by atoms with Crippen LogP contribution in [0.1, 0.15) is 39.0 Å². The maximum Gasteiger partial charge on any atom is 0.397 e. The second kappa shape index (κ2) is 5.25. The summed E-state index contributed by atoms with van der Waals surface area (Å²) in [5, 5.41) is 12.3. The number of halogens is 3. The fourth-order valence-corrected chi connectivity index (χ4v) is 2.30. The topological polar surface area (TPSA) is 49.3 Å². The van der Waals surface area contributed by atoms with Crippen LogP contribution in [0.25, 0.3) is 0 Å². The number of carbonyl (C=O) groups is 1. The molecule has 0 bridgehead atoms. The minimum absolute atomic E-state index is 0.0910. The van der Waals surface area contributed by atoms with Gasteiger partial charge in [-0.15, -0.1) is 0 Å². The summed E-state index contributed by atoms with van der Waals surface area (Å²) in [6.45, 7) is 1.90. The third-order valence-electron chi connectivity index (χ3n) is 3.04. The molecule has 0 aromatic carbocycles. The van der Waals surface area contributed by atoms with Gasteiger partial charge in [-0.2, -0.15) is 13.2 Å². The summed E-state index contributed by atoms with van der Waals surface area (Å²) in [6, 6.07) is 0. The third kappa shape index (κ3) is 5.39. The number of carbonyl (C=O) groups excluding carboxylic acids is 1. The Morgan fingerprint density at radius 3 is 2.71 bits per heavy atom. The molecule has 0 radical (unpaired) electrons. The van der Waals surface area contributed by atoms with E-state index in [4.69, 9.17) is 0 Å². The summed E-state index contributed by atoms with van der Waals surface area (Å²) < 4.78 is 35.7. The Balaban J connectivity index is 2.36. The molecular formula is C11H18F3NO2. The second-order valence-electron chi connectivity index (χ2n) is 4.99. The smallest absolute Gasteiger partial charge is 0.388 e. The number of alkyl halides is 3. The van der Waals surface area contributed by atoms with Gasteiger partial charge in [-0.1, -0.05) is 19.8 Å². The van der Waals surface area contributed by atoms with E-state index in [1.807, 2.05) is 6.92 Å². The molecule has 1 rings (SSSR count). The van der Waals surface area contributed by atoms with Crippen molar-refractivity contribution in [1.82, 2.24) is 5.32 Å². The number of nitrogens with one attached hydrogen (secondary N) is 1. The highest BCUT2D eigenvalue weighted by atomic mass is 19.4. The Kier molecular flexibility index (Phi) is 4.41. The van der Waals surface area contributed by atoms with Gasteiger partial charge in [0, 0.05) is 6.54 Å². The molecule has 1 amide bonds. The van der Waals surface area contributed by atoms with Crippen molar-refractivity contribution >= 4 is 5.91 Å². The zero-order valence-corrected chi connectivity index (χ0v) is 9.81. The van der Waals surface area contributed by atoms with Crippen molar-refractivity contribution < 1.29 is 23.1 Å². The van der Waals surface area contributed by atoms with Gasteiger partial charge in [0.25, 0.3) is 0 Å². The Labute approximate surface area is 98.4 Å². The van der Waals surface area contributed by atoms with Gasteiger partial charge in [0.2, 0.25) is 5.91 Å². The van der Waals surface area contributed by atoms with Crippen molar-refractivity contribution in [3.05, 3.63) is 0 Å². The van der Waals surface area contributed by atoms with E-state index >= 15 is 0 Å². The zero-order chi connectivity index (χ0) is 13.1. The number of hydrogen-bond donors (Lipinski definition) is 2. The van der Waals surface area contributed by atoms with Gasteiger partial charge in [-0.05, 0) is 18.8 Å². The Morgan fingerprint density at radius 1 is 1.53 bits per heavy atom. The van der Waals surface area contributed by atoms with Crippen molar-refractivity contribution in [1.29, 1.82) is 0 Å². The third-order valence-corrected chi connectivity index (χ3v) is 3.04. The highest BCUT2D eigenvalue weighted by molar-refractivity contribution is 5.76. The van der Waals surface area contributed by atoms with Crippen LogP contribution in [-0.4, -0.2) is 29.3 Å². The standard InChI is InChI=1S/C11H18F3NO2/c1-8-3-2-4-10(17,5-8)7-15-9(16)6-11(12,13)14/h8,17H,2-7H2,1H3,(H,15,16). The van der Waals surface area contributed by atoms with Crippen LogP contribution in [-0.2, 0) is 4.79 Å². The molecule has 1 aliphatic rings. The largest absolute Gasteiger partial charge is 0.397 e. The summed E-state index contributed by atoms with van der Waals surface area (Å²) >= 11 is 0. The van der Waals surface area contributed by atoms with Crippen molar-refractivity contribution in [3.63, 3.8) is 0 Å².